The van der Waals surface area contributed by atoms with Crippen LogP contribution in [0, 0.1) is 0 Å². The maximum Gasteiger partial charge on any atom is 0.259 e. The number of hydrogen-bond donors (Lipinski definition) is 2. The number of para-hydroxylation sites is 1. The summed E-state index contributed by atoms with van der Waals surface area (Å²) in [6.45, 7) is 8.18. The van der Waals surface area contributed by atoms with Crippen LogP contribution in [0.1, 0.15) is 61.0 Å². The van der Waals surface area contributed by atoms with Crippen LogP contribution in [-0.2, 0) is 0 Å². The summed E-state index contributed by atoms with van der Waals surface area (Å²) < 4.78 is 0. The predicted octanol–water partition coefficient (Wildman–Crippen LogP) is 4.89. The van der Waals surface area contributed by atoms with Crippen molar-refractivity contribution < 1.29 is 9.90 Å². The number of benzene rings is 2. The van der Waals surface area contributed by atoms with Crippen LogP contribution in [0.4, 0.5) is 5.69 Å². The molecule has 0 radical (unpaired) electrons. The summed E-state index contributed by atoms with van der Waals surface area (Å²) >= 11 is 0. The van der Waals surface area contributed by atoms with E-state index in [2.05, 4.69) is 19.2 Å². The van der Waals surface area contributed by atoms with Crippen molar-refractivity contribution >= 4 is 11.6 Å². The van der Waals surface area contributed by atoms with Gasteiger partial charge in [-0.05, 0) is 41.2 Å². The van der Waals surface area contributed by atoms with E-state index in [-0.39, 0.29) is 17.6 Å². The van der Waals surface area contributed by atoms with Crippen molar-refractivity contribution in [3.05, 3.63) is 59.2 Å². The molecule has 0 unspecified atom stereocenters. The second-order valence-corrected chi connectivity index (χ2v) is 6.14. The quantitative estimate of drug-likeness (QED) is 0.844. The van der Waals surface area contributed by atoms with Crippen LogP contribution < -0.4 is 5.32 Å². The number of rotatable bonds is 4. The number of phenolic OH excluding ortho intramolecular Hbond substituents is 1. The topological polar surface area (TPSA) is 49.3 Å². The lowest BCUT2D eigenvalue weighted by atomic mass is 9.91. The zero-order valence-electron chi connectivity index (χ0n) is 13.6. The molecule has 0 atom stereocenters. The molecule has 2 N–H and O–H groups in total. The van der Waals surface area contributed by atoms with E-state index in [1.165, 1.54) is 0 Å². The third kappa shape index (κ3) is 3.48. The van der Waals surface area contributed by atoms with E-state index in [1.807, 2.05) is 50.2 Å². The van der Waals surface area contributed by atoms with Gasteiger partial charge in [-0.1, -0.05) is 52.0 Å². The molecule has 0 saturated heterocycles. The van der Waals surface area contributed by atoms with Gasteiger partial charge in [0.25, 0.3) is 5.91 Å². The van der Waals surface area contributed by atoms with Crippen LogP contribution in [0.15, 0.2) is 42.5 Å². The minimum atomic E-state index is -0.284. The summed E-state index contributed by atoms with van der Waals surface area (Å²) in [5.74, 6) is 0.240. The lowest BCUT2D eigenvalue weighted by Crippen LogP contribution is -2.13. The molecule has 0 aromatic heterocycles. The zero-order chi connectivity index (χ0) is 16.3. The van der Waals surface area contributed by atoms with E-state index in [1.54, 1.807) is 6.07 Å². The number of aromatic hydroxyl groups is 1. The van der Waals surface area contributed by atoms with Gasteiger partial charge in [0.1, 0.15) is 5.75 Å². The Morgan fingerprint density at radius 3 is 2.18 bits per heavy atom. The van der Waals surface area contributed by atoms with Crippen LogP contribution in [-0.4, -0.2) is 11.0 Å². The summed E-state index contributed by atoms with van der Waals surface area (Å²) in [5.41, 5.74) is 2.91. The summed E-state index contributed by atoms with van der Waals surface area (Å²) in [6.07, 6.45) is 0. The SMILES string of the molecule is CC(C)c1cc(C(=O)Nc2ccccc2)c(O)c(C(C)C)c1. The fourth-order valence-corrected chi connectivity index (χ4v) is 2.35. The minimum Gasteiger partial charge on any atom is -0.507 e. The van der Waals surface area contributed by atoms with Gasteiger partial charge in [0.15, 0.2) is 0 Å². The average molecular weight is 297 g/mol. The van der Waals surface area contributed by atoms with Gasteiger partial charge in [0, 0.05) is 5.69 Å². The first-order valence-electron chi connectivity index (χ1n) is 7.63. The number of carbonyl (C=O) groups excluding carboxylic acids is 1. The van der Waals surface area contributed by atoms with Crippen molar-refractivity contribution in [3.8, 4) is 5.75 Å². The standard InChI is InChI=1S/C19H23NO2/c1-12(2)14-10-16(13(3)4)18(21)17(11-14)19(22)20-15-8-6-5-7-9-15/h5-13,21H,1-4H3,(H,20,22). The Morgan fingerprint density at radius 2 is 1.64 bits per heavy atom. The Kier molecular flexibility index (Phi) is 4.86. The predicted molar refractivity (Wildman–Crippen MR) is 90.7 cm³/mol. The zero-order valence-corrected chi connectivity index (χ0v) is 13.6. The molecule has 0 spiro atoms. The highest BCUT2D eigenvalue weighted by Crippen LogP contribution is 2.33. The number of carbonyl (C=O) groups is 1. The fraction of sp³-hybridized carbons (Fsp3) is 0.316. The maximum atomic E-state index is 12.5. The van der Waals surface area contributed by atoms with Gasteiger partial charge in [-0.3, -0.25) is 4.79 Å². The van der Waals surface area contributed by atoms with E-state index >= 15 is 0 Å². The van der Waals surface area contributed by atoms with E-state index in [0.717, 1.165) is 11.1 Å². The van der Waals surface area contributed by atoms with Crippen LogP contribution in [0.5, 0.6) is 5.75 Å². The van der Waals surface area contributed by atoms with E-state index < -0.39 is 0 Å². The molecule has 0 saturated carbocycles. The first kappa shape index (κ1) is 16.1. The van der Waals surface area contributed by atoms with E-state index in [9.17, 15) is 9.90 Å². The molecular weight excluding hydrogens is 274 g/mol. The fourth-order valence-electron chi connectivity index (χ4n) is 2.35. The van der Waals surface area contributed by atoms with Gasteiger partial charge in [0.05, 0.1) is 5.56 Å². The Balaban J connectivity index is 2.42. The number of hydrogen-bond acceptors (Lipinski definition) is 2. The van der Waals surface area contributed by atoms with E-state index in [4.69, 9.17) is 0 Å². The first-order chi connectivity index (χ1) is 10.4. The van der Waals surface area contributed by atoms with Crippen LogP contribution in [0.25, 0.3) is 0 Å². The third-order valence-corrected chi connectivity index (χ3v) is 3.73. The summed E-state index contributed by atoms with van der Waals surface area (Å²) in [5, 5.41) is 13.3. The minimum absolute atomic E-state index is 0.0767. The molecule has 3 heteroatoms. The van der Waals surface area contributed by atoms with Crippen LogP contribution >= 0.6 is 0 Å². The van der Waals surface area contributed by atoms with Crippen molar-refractivity contribution in [2.45, 2.75) is 39.5 Å². The van der Waals surface area contributed by atoms with Gasteiger partial charge in [-0.2, -0.15) is 0 Å². The molecular formula is C19H23NO2. The number of phenols is 1. The summed E-state index contributed by atoms with van der Waals surface area (Å²) in [4.78, 5) is 12.5. The van der Waals surface area contributed by atoms with Gasteiger partial charge in [0.2, 0.25) is 0 Å². The van der Waals surface area contributed by atoms with Gasteiger partial charge < -0.3 is 10.4 Å². The second kappa shape index (κ2) is 6.65. The van der Waals surface area contributed by atoms with Crippen molar-refractivity contribution in [2.75, 3.05) is 5.32 Å². The second-order valence-electron chi connectivity index (χ2n) is 6.14. The van der Waals surface area contributed by atoms with Gasteiger partial charge in [-0.25, -0.2) is 0 Å². The smallest absolute Gasteiger partial charge is 0.259 e. The largest absolute Gasteiger partial charge is 0.507 e. The molecule has 0 aliphatic rings. The molecule has 0 aliphatic carbocycles. The normalized spacial score (nSPS) is 11.0. The highest BCUT2D eigenvalue weighted by molar-refractivity contribution is 6.06. The number of anilines is 1. The molecule has 116 valence electrons. The van der Waals surface area contributed by atoms with Gasteiger partial charge in [-0.15, -0.1) is 0 Å². The Hall–Kier alpha value is -2.29. The molecule has 2 aromatic rings. The maximum absolute atomic E-state index is 12.5. The number of amides is 1. The molecule has 3 nitrogen and oxygen atoms in total. The molecule has 2 rings (SSSR count). The van der Waals surface area contributed by atoms with Crippen molar-refractivity contribution in [2.24, 2.45) is 0 Å². The summed E-state index contributed by atoms with van der Waals surface area (Å²) in [6, 6.07) is 13.0. The Bertz CT molecular complexity index is 661. The molecule has 0 heterocycles. The highest BCUT2D eigenvalue weighted by Gasteiger charge is 2.19. The first-order valence-corrected chi connectivity index (χ1v) is 7.63. The van der Waals surface area contributed by atoms with Crippen LogP contribution in [0.3, 0.4) is 0 Å². The van der Waals surface area contributed by atoms with Crippen LogP contribution in [0.2, 0.25) is 0 Å². The van der Waals surface area contributed by atoms with E-state index in [0.29, 0.717) is 17.2 Å². The summed E-state index contributed by atoms with van der Waals surface area (Å²) in [7, 11) is 0. The molecule has 1 amide bonds. The molecule has 0 bridgehead atoms. The number of nitrogens with one attached hydrogen (secondary N) is 1. The molecule has 0 fully saturated rings. The molecule has 0 aliphatic heterocycles. The molecule has 2 aromatic carbocycles. The third-order valence-electron chi connectivity index (χ3n) is 3.73. The Labute approximate surface area is 132 Å². The lowest BCUT2D eigenvalue weighted by molar-refractivity contribution is 0.102. The Morgan fingerprint density at radius 1 is 1.00 bits per heavy atom. The lowest BCUT2D eigenvalue weighted by Gasteiger charge is -2.17. The monoisotopic (exact) mass is 297 g/mol. The average Bonchev–Trinajstić information content (AvgIpc) is 2.47. The molecule has 22 heavy (non-hydrogen) atoms. The van der Waals surface area contributed by atoms with Crippen molar-refractivity contribution in [1.29, 1.82) is 0 Å². The van der Waals surface area contributed by atoms with Gasteiger partial charge >= 0.3 is 0 Å². The highest BCUT2D eigenvalue weighted by atomic mass is 16.3. The van der Waals surface area contributed by atoms with Crippen molar-refractivity contribution in [1.82, 2.24) is 0 Å². The van der Waals surface area contributed by atoms with Crippen molar-refractivity contribution in [3.63, 3.8) is 0 Å².